The van der Waals surface area contributed by atoms with E-state index in [-0.39, 0.29) is 6.61 Å². The minimum Gasteiger partial charge on any atom is -0.446 e. The largest absolute Gasteiger partial charge is 0.446 e. The topological polar surface area (TPSA) is 46.3 Å². The van der Waals surface area contributed by atoms with Crippen molar-refractivity contribution in [3.05, 3.63) is 17.3 Å². The summed E-state index contributed by atoms with van der Waals surface area (Å²) in [5.41, 5.74) is 0.887. The summed E-state index contributed by atoms with van der Waals surface area (Å²) in [6.45, 7) is 6.28. The molecule has 3 heteroatoms. The molecule has 1 N–H and O–H groups in total. The number of hydrogen-bond donors (Lipinski definition) is 1. The van der Waals surface area contributed by atoms with Crippen molar-refractivity contribution in [2.24, 2.45) is 5.92 Å². The number of hydrogen-bond acceptors (Lipinski definition) is 3. The first-order valence-electron chi connectivity index (χ1n) is 4.69. The van der Waals surface area contributed by atoms with Gasteiger partial charge in [-0.3, -0.25) is 0 Å². The van der Waals surface area contributed by atoms with Crippen LogP contribution in [-0.2, 0) is 12.8 Å². The maximum absolute atomic E-state index is 8.75. The Balaban J connectivity index is 2.70. The number of aliphatic hydroxyl groups excluding tert-OH is 1. The van der Waals surface area contributed by atoms with Crippen molar-refractivity contribution >= 4 is 0 Å². The van der Waals surface area contributed by atoms with Crippen LogP contribution in [0.2, 0.25) is 0 Å². The van der Waals surface area contributed by atoms with E-state index in [1.165, 1.54) is 0 Å². The molecular formula is C10H17NO2. The molecule has 0 spiro atoms. The van der Waals surface area contributed by atoms with E-state index >= 15 is 0 Å². The highest BCUT2D eigenvalue weighted by Gasteiger charge is 2.09. The van der Waals surface area contributed by atoms with Gasteiger partial charge in [0, 0.05) is 19.4 Å². The van der Waals surface area contributed by atoms with Gasteiger partial charge < -0.3 is 9.52 Å². The molecule has 0 aromatic carbocycles. The molecule has 0 aliphatic carbocycles. The zero-order valence-corrected chi connectivity index (χ0v) is 8.50. The van der Waals surface area contributed by atoms with Gasteiger partial charge in [0.05, 0.1) is 5.69 Å². The molecule has 1 aromatic rings. The molecule has 0 saturated carbocycles. The second-order valence-corrected chi connectivity index (χ2v) is 3.68. The summed E-state index contributed by atoms with van der Waals surface area (Å²) < 4.78 is 5.46. The van der Waals surface area contributed by atoms with Gasteiger partial charge in [-0.15, -0.1) is 0 Å². The average Bonchev–Trinajstić information content (AvgIpc) is 2.31. The van der Waals surface area contributed by atoms with Crippen LogP contribution < -0.4 is 0 Å². The molecule has 0 radical (unpaired) electrons. The Hall–Kier alpha value is -0.830. The van der Waals surface area contributed by atoms with Crippen molar-refractivity contribution in [2.45, 2.75) is 33.6 Å². The third-order valence-corrected chi connectivity index (χ3v) is 1.87. The van der Waals surface area contributed by atoms with Crippen LogP contribution >= 0.6 is 0 Å². The van der Waals surface area contributed by atoms with Crippen LogP contribution in [-0.4, -0.2) is 16.7 Å². The van der Waals surface area contributed by atoms with Crippen LogP contribution in [0.15, 0.2) is 4.42 Å². The van der Waals surface area contributed by atoms with Gasteiger partial charge >= 0.3 is 0 Å². The molecule has 0 aliphatic rings. The van der Waals surface area contributed by atoms with Gasteiger partial charge in [0.2, 0.25) is 0 Å². The number of oxazole rings is 1. The summed E-state index contributed by atoms with van der Waals surface area (Å²) >= 11 is 0. The summed E-state index contributed by atoms with van der Waals surface area (Å²) in [6, 6.07) is 0. The quantitative estimate of drug-likeness (QED) is 0.773. The Morgan fingerprint density at radius 2 is 2.15 bits per heavy atom. The smallest absolute Gasteiger partial charge is 0.194 e. The standard InChI is InChI=1S/C10H17NO2/c1-7(2)6-10-11-9(4-5-12)8(3)13-10/h7,12H,4-6H2,1-3H3. The van der Waals surface area contributed by atoms with Crippen LogP contribution in [0.1, 0.15) is 31.2 Å². The second-order valence-electron chi connectivity index (χ2n) is 3.68. The monoisotopic (exact) mass is 183 g/mol. The van der Waals surface area contributed by atoms with E-state index in [9.17, 15) is 0 Å². The van der Waals surface area contributed by atoms with E-state index < -0.39 is 0 Å². The molecule has 3 nitrogen and oxygen atoms in total. The fraction of sp³-hybridized carbons (Fsp3) is 0.700. The third-order valence-electron chi connectivity index (χ3n) is 1.87. The van der Waals surface area contributed by atoms with E-state index in [2.05, 4.69) is 18.8 Å². The Morgan fingerprint density at radius 3 is 2.69 bits per heavy atom. The highest BCUT2D eigenvalue weighted by atomic mass is 16.4. The molecule has 0 aliphatic heterocycles. The summed E-state index contributed by atoms with van der Waals surface area (Å²) in [5.74, 6) is 2.18. The summed E-state index contributed by atoms with van der Waals surface area (Å²) in [6.07, 6.45) is 1.46. The van der Waals surface area contributed by atoms with Gasteiger partial charge in [0.25, 0.3) is 0 Å². The first-order valence-corrected chi connectivity index (χ1v) is 4.69. The predicted molar refractivity (Wildman–Crippen MR) is 50.6 cm³/mol. The van der Waals surface area contributed by atoms with Crippen molar-refractivity contribution in [2.75, 3.05) is 6.61 Å². The molecule has 0 amide bonds. The molecule has 74 valence electrons. The van der Waals surface area contributed by atoms with Crippen molar-refractivity contribution in [3.63, 3.8) is 0 Å². The van der Waals surface area contributed by atoms with Crippen LogP contribution in [0.3, 0.4) is 0 Å². The second kappa shape index (κ2) is 4.42. The van der Waals surface area contributed by atoms with Crippen molar-refractivity contribution < 1.29 is 9.52 Å². The van der Waals surface area contributed by atoms with Crippen LogP contribution in [0.25, 0.3) is 0 Å². The maximum atomic E-state index is 8.75. The molecular weight excluding hydrogens is 166 g/mol. The Morgan fingerprint density at radius 1 is 1.46 bits per heavy atom. The molecule has 0 bridgehead atoms. The number of aliphatic hydroxyl groups is 1. The number of aromatic nitrogens is 1. The molecule has 1 heterocycles. The van der Waals surface area contributed by atoms with Crippen molar-refractivity contribution in [3.8, 4) is 0 Å². The van der Waals surface area contributed by atoms with E-state index in [1.54, 1.807) is 0 Å². The fourth-order valence-corrected chi connectivity index (χ4v) is 1.26. The predicted octanol–water partition coefficient (Wildman–Crippen LogP) is 1.72. The Bertz CT molecular complexity index is 266. The third kappa shape index (κ3) is 2.84. The van der Waals surface area contributed by atoms with Crippen LogP contribution in [0, 0.1) is 12.8 Å². The van der Waals surface area contributed by atoms with Crippen LogP contribution in [0.5, 0.6) is 0 Å². The zero-order chi connectivity index (χ0) is 9.84. The first-order chi connectivity index (χ1) is 6.13. The molecule has 0 saturated heterocycles. The zero-order valence-electron chi connectivity index (χ0n) is 8.50. The summed E-state index contributed by atoms with van der Waals surface area (Å²) in [5, 5.41) is 8.75. The Kier molecular flexibility index (Phi) is 3.48. The molecule has 1 aromatic heterocycles. The molecule has 13 heavy (non-hydrogen) atoms. The molecule has 0 unspecified atom stereocenters. The van der Waals surface area contributed by atoms with Gasteiger partial charge in [-0.1, -0.05) is 13.8 Å². The lowest BCUT2D eigenvalue weighted by Crippen LogP contribution is -1.96. The van der Waals surface area contributed by atoms with Gasteiger partial charge in [-0.25, -0.2) is 4.98 Å². The first kappa shape index (κ1) is 10.3. The highest BCUT2D eigenvalue weighted by molar-refractivity contribution is 5.08. The van der Waals surface area contributed by atoms with Gasteiger partial charge in [-0.05, 0) is 12.8 Å². The van der Waals surface area contributed by atoms with E-state index in [0.29, 0.717) is 12.3 Å². The van der Waals surface area contributed by atoms with Gasteiger partial charge in [0.15, 0.2) is 5.89 Å². The van der Waals surface area contributed by atoms with Crippen LogP contribution in [0.4, 0.5) is 0 Å². The number of nitrogens with zero attached hydrogens (tertiary/aromatic N) is 1. The van der Waals surface area contributed by atoms with Crippen molar-refractivity contribution in [1.82, 2.24) is 4.98 Å². The SMILES string of the molecule is Cc1oc(CC(C)C)nc1CCO. The minimum absolute atomic E-state index is 0.133. The Labute approximate surface area is 78.8 Å². The van der Waals surface area contributed by atoms with E-state index in [0.717, 1.165) is 23.8 Å². The maximum Gasteiger partial charge on any atom is 0.194 e. The van der Waals surface area contributed by atoms with Gasteiger partial charge in [-0.2, -0.15) is 0 Å². The highest BCUT2D eigenvalue weighted by Crippen LogP contribution is 2.13. The van der Waals surface area contributed by atoms with E-state index in [1.807, 2.05) is 6.92 Å². The van der Waals surface area contributed by atoms with Gasteiger partial charge in [0.1, 0.15) is 5.76 Å². The molecule has 0 fully saturated rings. The lowest BCUT2D eigenvalue weighted by Gasteiger charge is -1.97. The van der Waals surface area contributed by atoms with Crippen molar-refractivity contribution in [1.29, 1.82) is 0 Å². The normalized spacial score (nSPS) is 11.2. The summed E-state index contributed by atoms with van der Waals surface area (Å²) in [7, 11) is 0. The lowest BCUT2D eigenvalue weighted by atomic mass is 10.1. The lowest BCUT2D eigenvalue weighted by molar-refractivity contribution is 0.297. The summed E-state index contributed by atoms with van der Waals surface area (Å²) in [4.78, 5) is 4.31. The molecule has 0 atom stereocenters. The molecule has 1 rings (SSSR count). The fourth-order valence-electron chi connectivity index (χ4n) is 1.26. The number of rotatable bonds is 4. The minimum atomic E-state index is 0.133. The van der Waals surface area contributed by atoms with E-state index in [4.69, 9.17) is 9.52 Å². The number of aryl methyl sites for hydroxylation is 1. The average molecular weight is 183 g/mol.